The zero-order valence-corrected chi connectivity index (χ0v) is 14.1. The van der Waals surface area contributed by atoms with E-state index < -0.39 is 11.9 Å². The third-order valence-electron chi connectivity index (χ3n) is 3.23. The summed E-state index contributed by atoms with van der Waals surface area (Å²) in [6.07, 6.45) is 0. The van der Waals surface area contributed by atoms with Crippen molar-refractivity contribution < 1.29 is 19.8 Å². The van der Waals surface area contributed by atoms with E-state index in [1.807, 2.05) is 6.07 Å². The number of hydrogen-bond donors (Lipinski definition) is 2. The van der Waals surface area contributed by atoms with Gasteiger partial charge in [0.2, 0.25) is 5.82 Å². The van der Waals surface area contributed by atoms with Crippen LogP contribution in [0.2, 0.25) is 0 Å². The van der Waals surface area contributed by atoms with Crippen LogP contribution in [0.3, 0.4) is 0 Å². The number of carboxylic acid groups (broad SMARTS) is 2. The zero-order valence-electron chi connectivity index (χ0n) is 14.1. The number of aromatic nitrogens is 4. The second-order valence-electron chi connectivity index (χ2n) is 5.15. The molecule has 9 heteroatoms. The molecule has 0 aliphatic carbocycles. The normalized spacial score (nSPS) is 9.48. The van der Waals surface area contributed by atoms with Crippen molar-refractivity contribution in [2.24, 2.45) is 0 Å². The van der Waals surface area contributed by atoms with E-state index in [-0.39, 0.29) is 11.1 Å². The van der Waals surface area contributed by atoms with E-state index in [0.717, 1.165) is 0 Å². The number of aryl methyl sites for hydroxylation is 1. The Kier molecular flexibility index (Phi) is 6.22. The van der Waals surface area contributed by atoms with Gasteiger partial charge in [-0.25, -0.2) is 9.59 Å². The Bertz CT molecular complexity index is 978. The van der Waals surface area contributed by atoms with E-state index >= 15 is 0 Å². The van der Waals surface area contributed by atoms with Crippen molar-refractivity contribution in [2.75, 3.05) is 0 Å². The Hall–Kier alpha value is -4.19. The molecule has 0 bridgehead atoms. The predicted octanol–water partition coefficient (Wildman–Crippen LogP) is 2.20. The van der Waals surface area contributed by atoms with Gasteiger partial charge in [0.15, 0.2) is 5.82 Å². The van der Waals surface area contributed by atoms with Gasteiger partial charge in [0.25, 0.3) is 0 Å². The quantitative estimate of drug-likeness (QED) is 0.713. The maximum absolute atomic E-state index is 10.6. The minimum absolute atomic E-state index is 0.198. The van der Waals surface area contributed by atoms with E-state index in [2.05, 4.69) is 20.4 Å². The first kappa shape index (κ1) is 19.1. The highest BCUT2D eigenvalue weighted by molar-refractivity contribution is 5.88. The van der Waals surface area contributed by atoms with Crippen molar-refractivity contribution in [3.05, 3.63) is 71.0 Å². The van der Waals surface area contributed by atoms with Gasteiger partial charge in [-0.1, -0.05) is 12.1 Å². The Morgan fingerprint density at radius 3 is 1.67 bits per heavy atom. The molecule has 0 fully saturated rings. The summed E-state index contributed by atoms with van der Waals surface area (Å²) in [5.74, 6) is -1.07. The first-order chi connectivity index (χ1) is 12.9. The largest absolute Gasteiger partial charge is 0.478 e. The molecule has 0 atom stereocenters. The number of benzene rings is 2. The summed E-state index contributed by atoms with van der Waals surface area (Å²) in [4.78, 5) is 21.0. The molecule has 0 aliphatic heterocycles. The Balaban J connectivity index is 0.000000208. The van der Waals surface area contributed by atoms with Crippen LogP contribution in [0.1, 0.15) is 32.1 Å². The first-order valence-corrected chi connectivity index (χ1v) is 7.52. The number of aromatic carboxylic acids is 2. The fourth-order valence-corrected chi connectivity index (χ4v) is 1.84. The summed E-state index contributed by atoms with van der Waals surface area (Å²) in [5, 5.41) is 40.8. The van der Waals surface area contributed by atoms with E-state index in [4.69, 9.17) is 15.5 Å². The summed E-state index contributed by atoms with van der Waals surface area (Å²) < 4.78 is 0. The molecule has 0 spiro atoms. The molecule has 3 aromatic rings. The average Bonchev–Trinajstić information content (AvgIpc) is 2.69. The molecule has 1 heterocycles. The molecule has 0 unspecified atom stereocenters. The third-order valence-corrected chi connectivity index (χ3v) is 3.23. The molecule has 1 aromatic heterocycles. The van der Waals surface area contributed by atoms with Crippen LogP contribution in [0.15, 0.2) is 48.5 Å². The van der Waals surface area contributed by atoms with Gasteiger partial charge in [-0.3, -0.25) is 0 Å². The van der Waals surface area contributed by atoms with Gasteiger partial charge in [0.05, 0.1) is 22.8 Å². The number of carboxylic acids is 2. The molecule has 0 aliphatic rings. The minimum atomic E-state index is -0.977. The standard InChI is InChI=1S/C10H8N4O2.C8H5NO2/c1-6-11-13-9(14-12-6)7-2-4-8(5-3-7)10(15)16;9-5-6-1-3-7(4-2-6)8(10)11/h2-5H,1H3,(H,15,16);1-4H,(H,10,11). The smallest absolute Gasteiger partial charge is 0.335 e. The van der Waals surface area contributed by atoms with E-state index in [9.17, 15) is 9.59 Å². The molecular weight excluding hydrogens is 350 g/mol. The fraction of sp³-hybridized carbons (Fsp3) is 0.0556. The number of nitriles is 1. The van der Waals surface area contributed by atoms with Crippen LogP contribution in [-0.2, 0) is 0 Å². The molecule has 0 amide bonds. The molecule has 134 valence electrons. The van der Waals surface area contributed by atoms with Crippen LogP contribution < -0.4 is 0 Å². The number of rotatable bonds is 3. The lowest BCUT2D eigenvalue weighted by molar-refractivity contribution is 0.0686. The van der Waals surface area contributed by atoms with Gasteiger partial charge < -0.3 is 10.2 Å². The monoisotopic (exact) mass is 363 g/mol. The maximum atomic E-state index is 10.6. The zero-order chi connectivity index (χ0) is 19.8. The Morgan fingerprint density at radius 2 is 1.26 bits per heavy atom. The van der Waals surface area contributed by atoms with E-state index in [0.29, 0.717) is 22.8 Å². The Labute approximate surface area is 153 Å². The lowest BCUT2D eigenvalue weighted by Gasteiger charge is -1.98. The summed E-state index contributed by atoms with van der Waals surface area (Å²) in [6.45, 7) is 1.69. The minimum Gasteiger partial charge on any atom is -0.478 e. The summed E-state index contributed by atoms with van der Waals surface area (Å²) in [5.41, 5.74) is 1.57. The lowest BCUT2D eigenvalue weighted by Crippen LogP contribution is -1.99. The summed E-state index contributed by atoms with van der Waals surface area (Å²) >= 11 is 0. The number of nitrogens with zero attached hydrogens (tertiary/aromatic N) is 5. The lowest BCUT2D eigenvalue weighted by atomic mass is 10.1. The van der Waals surface area contributed by atoms with Gasteiger partial charge in [0, 0.05) is 5.56 Å². The van der Waals surface area contributed by atoms with E-state index in [1.165, 1.54) is 36.4 Å². The van der Waals surface area contributed by atoms with Crippen molar-refractivity contribution in [3.63, 3.8) is 0 Å². The molecule has 2 aromatic carbocycles. The Morgan fingerprint density at radius 1 is 0.815 bits per heavy atom. The van der Waals surface area contributed by atoms with Gasteiger partial charge in [0.1, 0.15) is 0 Å². The van der Waals surface area contributed by atoms with Crippen LogP contribution in [0, 0.1) is 18.3 Å². The second-order valence-corrected chi connectivity index (χ2v) is 5.15. The number of hydrogen-bond acceptors (Lipinski definition) is 7. The van der Waals surface area contributed by atoms with Crippen molar-refractivity contribution in [1.82, 2.24) is 20.4 Å². The van der Waals surface area contributed by atoms with Crippen LogP contribution in [0.4, 0.5) is 0 Å². The van der Waals surface area contributed by atoms with Gasteiger partial charge in [-0.2, -0.15) is 5.26 Å². The molecule has 0 radical (unpaired) electrons. The van der Waals surface area contributed by atoms with Gasteiger partial charge >= 0.3 is 11.9 Å². The topological polar surface area (TPSA) is 150 Å². The van der Waals surface area contributed by atoms with E-state index in [1.54, 1.807) is 19.1 Å². The molecule has 0 saturated carbocycles. The second kappa shape index (κ2) is 8.77. The number of carbonyl (C=O) groups is 2. The molecular formula is C18H13N5O4. The average molecular weight is 363 g/mol. The highest BCUT2D eigenvalue weighted by atomic mass is 16.4. The van der Waals surface area contributed by atoms with Crippen molar-refractivity contribution in [3.8, 4) is 17.5 Å². The SMILES string of the molecule is Cc1nnc(-c2ccc(C(=O)O)cc2)nn1.N#Cc1ccc(C(=O)O)cc1. The van der Waals surface area contributed by atoms with Gasteiger partial charge in [-0.15, -0.1) is 20.4 Å². The summed E-state index contributed by atoms with van der Waals surface area (Å²) in [7, 11) is 0. The highest BCUT2D eigenvalue weighted by Gasteiger charge is 2.05. The fourth-order valence-electron chi connectivity index (χ4n) is 1.84. The summed E-state index contributed by atoms with van der Waals surface area (Å²) in [6, 6.07) is 13.9. The van der Waals surface area contributed by atoms with Crippen molar-refractivity contribution in [2.45, 2.75) is 6.92 Å². The van der Waals surface area contributed by atoms with Crippen LogP contribution in [0.5, 0.6) is 0 Å². The maximum Gasteiger partial charge on any atom is 0.335 e. The van der Waals surface area contributed by atoms with Gasteiger partial charge in [-0.05, 0) is 43.3 Å². The predicted molar refractivity (Wildman–Crippen MR) is 92.9 cm³/mol. The highest BCUT2D eigenvalue weighted by Crippen LogP contribution is 2.13. The van der Waals surface area contributed by atoms with Crippen molar-refractivity contribution >= 4 is 11.9 Å². The molecule has 27 heavy (non-hydrogen) atoms. The molecule has 0 saturated heterocycles. The molecule has 2 N–H and O–H groups in total. The molecule has 9 nitrogen and oxygen atoms in total. The van der Waals surface area contributed by atoms with Crippen LogP contribution in [-0.4, -0.2) is 42.5 Å². The van der Waals surface area contributed by atoms with Crippen LogP contribution >= 0.6 is 0 Å². The van der Waals surface area contributed by atoms with Crippen molar-refractivity contribution in [1.29, 1.82) is 5.26 Å². The molecule has 3 rings (SSSR count). The first-order valence-electron chi connectivity index (χ1n) is 7.52. The van der Waals surface area contributed by atoms with Crippen LogP contribution in [0.25, 0.3) is 11.4 Å². The third kappa shape index (κ3) is 5.40.